The number of hydrogen-bond acceptors (Lipinski definition) is 6. The molecule has 3 aromatic carbocycles. The summed E-state index contributed by atoms with van der Waals surface area (Å²) in [6.45, 7) is 1.89. The molecule has 0 fully saturated rings. The summed E-state index contributed by atoms with van der Waals surface area (Å²) in [7, 11) is -2.25. The number of carbonyl (C=O) groups is 1. The Labute approximate surface area is 197 Å². The van der Waals surface area contributed by atoms with Gasteiger partial charge in [0.05, 0.1) is 28.7 Å². The van der Waals surface area contributed by atoms with Crippen LogP contribution in [0.2, 0.25) is 0 Å². The number of nitrogens with zero attached hydrogens (tertiary/aromatic N) is 3. The molecule has 0 saturated carbocycles. The molecule has 0 aliphatic heterocycles. The Hall–Kier alpha value is -4.24. The predicted octanol–water partition coefficient (Wildman–Crippen LogP) is 4.24. The van der Waals surface area contributed by atoms with Crippen molar-refractivity contribution < 1.29 is 18.3 Å². The molecule has 1 amide bonds. The van der Waals surface area contributed by atoms with E-state index in [4.69, 9.17) is 0 Å². The Morgan fingerprint density at radius 3 is 2.21 bits per heavy atom. The second-order valence-corrected chi connectivity index (χ2v) is 9.60. The molecule has 34 heavy (non-hydrogen) atoms. The molecular weight excluding hydrogens is 452 g/mol. The van der Waals surface area contributed by atoms with Crippen LogP contribution in [0.5, 0.6) is 5.75 Å². The minimum absolute atomic E-state index is 0.110. The molecule has 1 heterocycles. The predicted molar refractivity (Wildman–Crippen MR) is 130 cm³/mol. The number of sulfonamides is 1. The maximum atomic E-state index is 12.9. The van der Waals surface area contributed by atoms with Gasteiger partial charge in [0, 0.05) is 18.2 Å². The van der Waals surface area contributed by atoms with Crippen molar-refractivity contribution in [2.45, 2.75) is 11.8 Å². The van der Waals surface area contributed by atoms with Crippen molar-refractivity contribution in [1.82, 2.24) is 9.97 Å². The highest BCUT2D eigenvalue weighted by atomic mass is 32.2. The average Bonchev–Trinajstić information content (AvgIpc) is 2.84. The number of phenols is 1. The zero-order chi connectivity index (χ0) is 24.3. The summed E-state index contributed by atoms with van der Waals surface area (Å²) in [5.41, 5.74) is 2.80. The lowest BCUT2D eigenvalue weighted by Gasteiger charge is -2.20. The lowest BCUT2D eigenvalue weighted by Crippen LogP contribution is -2.26. The first kappa shape index (κ1) is 22.9. The van der Waals surface area contributed by atoms with Gasteiger partial charge in [-0.3, -0.25) is 9.10 Å². The van der Waals surface area contributed by atoms with Gasteiger partial charge in [0.15, 0.2) is 5.82 Å². The first-order chi connectivity index (χ1) is 16.2. The van der Waals surface area contributed by atoms with Crippen molar-refractivity contribution >= 4 is 27.3 Å². The summed E-state index contributed by atoms with van der Waals surface area (Å²) in [6, 6.07) is 19.4. The van der Waals surface area contributed by atoms with Crippen LogP contribution in [0.1, 0.15) is 15.9 Å². The van der Waals surface area contributed by atoms with Gasteiger partial charge in [0.1, 0.15) is 5.75 Å². The molecule has 0 radical (unpaired) electrons. The fourth-order valence-electron chi connectivity index (χ4n) is 3.22. The van der Waals surface area contributed by atoms with Gasteiger partial charge in [-0.2, -0.15) is 0 Å². The van der Waals surface area contributed by atoms with Gasteiger partial charge in [-0.05, 0) is 55.5 Å². The van der Waals surface area contributed by atoms with E-state index in [0.717, 1.165) is 5.56 Å². The first-order valence-electron chi connectivity index (χ1n) is 10.3. The lowest BCUT2D eigenvalue weighted by molar-refractivity contribution is 0.102. The molecule has 1 aromatic heterocycles. The molecule has 2 N–H and O–H groups in total. The smallest absolute Gasteiger partial charge is 0.264 e. The number of carbonyl (C=O) groups excluding carboxylic acids is 1. The number of rotatable bonds is 6. The van der Waals surface area contributed by atoms with Crippen molar-refractivity contribution in [3.05, 3.63) is 96.3 Å². The molecule has 172 valence electrons. The highest BCUT2D eigenvalue weighted by Gasteiger charge is 2.21. The van der Waals surface area contributed by atoms with Gasteiger partial charge in [0.25, 0.3) is 15.9 Å². The summed E-state index contributed by atoms with van der Waals surface area (Å²) >= 11 is 0. The molecule has 0 aliphatic rings. The molecular formula is C25H22N4O4S. The highest BCUT2D eigenvalue weighted by molar-refractivity contribution is 7.92. The molecule has 9 heteroatoms. The third-order valence-electron chi connectivity index (χ3n) is 5.19. The van der Waals surface area contributed by atoms with Gasteiger partial charge in [-0.1, -0.05) is 29.8 Å². The topological polar surface area (TPSA) is 112 Å². The highest BCUT2D eigenvalue weighted by Crippen LogP contribution is 2.23. The summed E-state index contributed by atoms with van der Waals surface area (Å²) in [4.78, 5) is 21.3. The van der Waals surface area contributed by atoms with Crippen molar-refractivity contribution in [1.29, 1.82) is 0 Å². The molecule has 0 unspecified atom stereocenters. The molecule has 0 atom stereocenters. The van der Waals surface area contributed by atoms with Gasteiger partial charge in [-0.25, -0.2) is 18.4 Å². The number of anilines is 2. The minimum Gasteiger partial charge on any atom is -0.508 e. The van der Waals surface area contributed by atoms with Crippen LogP contribution in [0.3, 0.4) is 0 Å². The van der Waals surface area contributed by atoms with E-state index in [1.165, 1.54) is 23.7 Å². The number of phenolic OH excluding ortho intramolecular Hbond substituents is 1. The van der Waals surface area contributed by atoms with E-state index >= 15 is 0 Å². The van der Waals surface area contributed by atoms with Crippen molar-refractivity contribution in [3.8, 4) is 17.1 Å². The van der Waals surface area contributed by atoms with Crippen LogP contribution in [0.25, 0.3) is 11.4 Å². The van der Waals surface area contributed by atoms with Crippen LogP contribution in [0, 0.1) is 6.92 Å². The summed E-state index contributed by atoms with van der Waals surface area (Å²) in [5, 5.41) is 12.3. The third-order valence-corrected chi connectivity index (χ3v) is 6.99. The molecule has 0 bridgehead atoms. The van der Waals surface area contributed by atoms with Gasteiger partial charge < -0.3 is 10.4 Å². The Bertz CT molecular complexity index is 1420. The SMILES string of the molecule is Cc1ccc(S(=O)(=O)N(C)c2ccc(C(=O)Nc3cnc(-c4cccc(O)c4)nc3)cc2)cc1. The third kappa shape index (κ3) is 4.89. The second kappa shape index (κ2) is 9.32. The Morgan fingerprint density at radius 2 is 1.59 bits per heavy atom. The van der Waals surface area contributed by atoms with Gasteiger partial charge in [0.2, 0.25) is 0 Å². The quantitative estimate of drug-likeness (QED) is 0.432. The monoisotopic (exact) mass is 474 g/mol. The van der Waals surface area contributed by atoms with E-state index in [1.807, 2.05) is 6.92 Å². The lowest BCUT2D eigenvalue weighted by atomic mass is 10.2. The van der Waals surface area contributed by atoms with E-state index in [2.05, 4.69) is 15.3 Å². The van der Waals surface area contributed by atoms with E-state index < -0.39 is 10.0 Å². The molecule has 4 rings (SSSR count). The van der Waals surface area contributed by atoms with Gasteiger partial charge >= 0.3 is 0 Å². The molecule has 0 spiro atoms. The second-order valence-electron chi connectivity index (χ2n) is 7.63. The first-order valence-corrected chi connectivity index (χ1v) is 11.8. The van der Waals surface area contributed by atoms with Crippen LogP contribution in [0.4, 0.5) is 11.4 Å². The van der Waals surface area contributed by atoms with Crippen LogP contribution in [0.15, 0.2) is 90.1 Å². The summed E-state index contributed by atoms with van der Waals surface area (Å²) < 4.78 is 26.9. The van der Waals surface area contributed by atoms with E-state index in [9.17, 15) is 18.3 Å². The molecule has 0 saturated heterocycles. The molecule has 8 nitrogen and oxygen atoms in total. The Morgan fingerprint density at radius 1 is 0.941 bits per heavy atom. The Balaban J connectivity index is 1.45. The van der Waals surface area contributed by atoms with Crippen molar-refractivity contribution in [3.63, 3.8) is 0 Å². The maximum absolute atomic E-state index is 12.9. The summed E-state index contributed by atoms with van der Waals surface area (Å²) in [5.74, 6) is 0.139. The fraction of sp³-hybridized carbons (Fsp3) is 0.0800. The standard InChI is InChI=1S/C25H22N4O4S/c1-17-6-12-23(13-7-17)34(32,33)29(2)21-10-8-18(9-11-21)25(31)28-20-15-26-24(27-16-20)19-4-3-5-22(30)14-19/h3-16,30H,1-2H3,(H,28,31). The number of hydrogen-bond donors (Lipinski definition) is 2. The minimum atomic E-state index is -3.72. The van der Waals surface area contributed by atoms with Crippen molar-refractivity contribution in [2.75, 3.05) is 16.7 Å². The maximum Gasteiger partial charge on any atom is 0.264 e. The Kier molecular flexibility index (Phi) is 6.29. The number of amides is 1. The molecule has 4 aromatic rings. The summed E-state index contributed by atoms with van der Waals surface area (Å²) in [6.07, 6.45) is 2.95. The van der Waals surface area contributed by atoms with Crippen molar-refractivity contribution in [2.24, 2.45) is 0 Å². The van der Waals surface area contributed by atoms with Crippen LogP contribution in [-0.4, -0.2) is 36.4 Å². The van der Waals surface area contributed by atoms with Crippen LogP contribution >= 0.6 is 0 Å². The normalized spacial score (nSPS) is 11.1. The van der Waals surface area contributed by atoms with E-state index in [-0.39, 0.29) is 16.6 Å². The zero-order valence-corrected chi connectivity index (χ0v) is 19.3. The van der Waals surface area contributed by atoms with Crippen LogP contribution in [-0.2, 0) is 10.0 Å². The number of benzene rings is 3. The van der Waals surface area contributed by atoms with E-state index in [1.54, 1.807) is 72.8 Å². The number of aromatic nitrogens is 2. The largest absolute Gasteiger partial charge is 0.508 e. The molecule has 0 aliphatic carbocycles. The van der Waals surface area contributed by atoms with E-state index in [0.29, 0.717) is 28.3 Å². The van der Waals surface area contributed by atoms with Crippen LogP contribution < -0.4 is 9.62 Å². The number of aromatic hydroxyl groups is 1. The zero-order valence-electron chi connectivity index (χ0n) is 18.5. The van der Waals surface area contributed by atoms with Gasteiger partial charge in [-0.15, -0.1) is 0 Å². The number of aryl methyl sites for hydroxylation is 1. The average molecular weight is 475 g/mol. The fourth-order valence-corrected chi connectivity index (χ4v) is 4.42. The number of nitrogens with one attached hydrogen (secondary N) is 1.